The van der Waals surface area contributed by atoms with Crippen molar-refractivity contribution in [3.63, 3.8) is 0 Å². The minimum Gasteiger partial charge on any atom is -0.497 e. The Labute approximate surface area is 165 Å². The monoisotopic (exact) mass is 379 g/mol. The normalized spacial score (nSPS) is 14.9. The Balaban J connectivity index is 1.77. The summed E-state index contributed by atoms with van der Waals surface area (Å²) in [6.07, 6.45) is 2.43. The molecule has 1 aliphatic rings. The molecule has 1 saturated heterocycles. The number of methoxy groups -OCH3 is 2. The van der Waals surface area contributed by atoms with Gasteiger partial charge in [0.25, 0.3) is 0 Å². The lowest BCUT2D eigenvalue weighted by Gasteiger charge is -2.21. The molecule has 0 aliphatic carbocycles. The molecule has 1 aliphatic heterocycles. The standard InChI is InChI=1S/C23H25NO2S/c1-25-19-7-3-16(4-8-19)21-15-22(17-11-13-24-14-12-17)27-23(21)18-5-9-20(26-2)10-6-18/h3-10,15,17,24H,11-14H2,1-2H3. The smallest absolute Gasteiger partial charge is 0.118 e. The number of hydrogen-bond donors (Lipinski definition) is 1. The molecule has 4 heteroatoms. The van der Waals surface area contributed by atoms with Crippen molar-refractivity contribution >= 4 is 11.3 Å². The van der Waals surface area contributed by atoms with Gasteiger partial charge in [-0.15, -0.1) is 11.3 Å². The molecule has 1 fully saturated rings. The third-order valence-corrected chi connectivity index (χ3v) is 6.59. The number of benzene rings is 2. The largest absolute Gasteiger partial charge is 0.497 e. The highest BCUT2D eigenvalue weighted by molar-refractivity contribution is 7.16. The number of hydrogen-bond acceptors (Lipinski definition) is 4. The molecule has 3 aromatic rings. The van der Waals surface area contributed by atoms with Crippen LogP contribution in [-0.4, -0.2) is 27.3 Å². The maximum Gasteiger partial charge on any atom is 0.118 e. The Morgan fingerprint density at radius 1 is 0.815 bits per heavy atom. The van der Waals surface area contributed by atoms with Gasteiger partial charge in [-0.3, -0.25) is 0 Å². The second kappa shape index (κ2) is 8.15. The summed E-state index contributed by atoms with van der Waals surface area (Å²) in [6, 6.07) is 19.2. The third-order valence-electron chi connectivity index (χ3n) is 5.25. The number of piperidine rings is 1. The van der Waals surface area contributed by atoms with E-state index in [9.17, 15) is 0 Å². The van der Waals surface area contributed by atoms with Crippen LogP contribution < -0.4 is 14.8 Å². The Morgan fingerprint density at radius 2 is 1.37 bits per heavy atom. The summed E-state index contributed by atoms with van der Waals surface area (Å²) in [5.41, 5.74) is 3.78. The highest BCUT2D eigenvalue weighted by Crippen LogP contribution is 2.44. The first-order valence-electron chi connectivity index (χ1n) is 9.42. The van der Waals surface area contributed by atoms with Crippen molar-refractivity contribution in [1.82, 2.24) is 5.32 Å². The van der Waals surface area contributed by atoms with Crippen LogP contribution in [0.2, 0.25) is 0 Å². The van der Waals surface area contributed by atoms with Gasteiger partial charge in [0.2, 0.25) is 0 Å². The van der Waals surface area contributed by atoms with E-state index in [0.29, 0.717) is 5.92 Å². The van der Waals surface area contributed by atoms with Crippen molar-refractivity contribution in [3.8, 4) is 33.1 Å². The van der Waals surface area contributed by atoms with Crippen molar-refractivity contribution in [2.75, 3.05) is 27.3 Å². The average Bonchev–Trinajstić information content (AvgIpc) is 3.20. The SMILES string of the molecule is COc1ccc(-c2cc(C3CCNCC3)sc2-c2ccc(OC)cc2)cc1. The van der Waals surface area contributed by atoms with Crippen LogP contribution in [0.1, 0.15) is 23.6 Å². The van der Waals surface area contributed by atoms with Crippen molar-refractivity contribution in [3.05, 3.63) is 59.5 Å². The lowest BCUT2D eigenvalue weighted by molar-refractivity contribution is 0.414. The predicted octanol–water partition coefficient (Wildman–Crippen LogP) is 5.57. The molecule has 0 atom stereocenters. The highest BCUT2D eigenvalue weighted by atomic mass is 32.1. The molecule has 3 nitrogen and oxygen atoms in total. The first-order valence-corrected chi connectivity index (χ1v) is 10.2. The summed E-state index contributed by atoms with van der Waals surface area (Å²) in [6.45, 7) is 2.22. The summed E-state index contributed by atoms with van der Waals surface area (Å²) >= 11 is 1.94. The van der Waals surface area contributed by atoms with Gasteiger partial charge >= 0.3 is 0 Å². The molecule has 0 unspecified atom stereocenters. The number of nitrogens with one attached hydrogen (secondary N) is 1. The zero-order chi connectivity index (χ0) is 18.6. The molecule has 0 spiro atoms. The molecule has 1 N–H and O–H groups in total. The van der Waals surface area contributed by atoms with Gasteiger partial charge in [-0.25, -0.2) is 0 Å². The number of thiophene rings is 1. The minimum absolute atomic E-state index is 0.653. The first-order chi connectivity index (χ1) is 13.3. The van der Waals surface area contributed by atoms with E-state index in [0.717, 1.165) is 24.6 Å². The molecule has 0 amide bonds. The second-order valence-electron chi connectivity index (χ2n) is 6.87. The third kappa shape index (κ3) is 3.87. The Kier molecular flexibility index (Phi) is 5.46. The van der Waals surface area contributed by atoms with Crippen LogP contribution in [0.5, 0.6) is 11.5 Å². The van der Waals surface area contributed by atoms with Gasteiger partial charge in [0.05, 0.1) is 14.2 Å². The number of ether oxygens (including phenoxy) is 2. The number of rotatable bonds is 5. The Bertz CT molecular complexity index is 813. The van der Waals surface area contributed by atoms with Crippen LogP contribution in [0.25, 0.3) is 21.6 Å². The van der Waals surface area contributed by atoms with E-state index in [-0.39, 0.29) is 0 Å². The molecule has 1 aromatic heterocycles. The van der Waals surface area contributed by atoms with Crippen LogP contribution in [0.3, 0.4) is 0 Å². The molecule has 140 valence electrons. The van der Waals surface area contributed by atoms with Gasteiger partial charge in [-0.1, -0.05) is 12.1 Å². The van der Waals surface area contributed by atoms with Gasteiger partial charge < -0.3 is 14.8 Å². The van der Waals surface area contributed by atoms with E-state index in [1.54, 1.807) is 14.2 Å². The summed E-state index contributed by atoms with van der Waals surface area (Å²) in [4.78, 5) is 2.82. The zero-order valence-corrected chi connectivity index (χ0v) is 16.6. The maximum atomic E-state index is 5.33. The fourth-order valence-corrected chi connectivity index (χ4v) is 5.02. The van der Waals surface area contributed by atoms with Crippen molar-refractivity contribution in [2.24, 2.45) is 0 Å². The Hall–Kier alpha value is -2.30. The van der Waals surface area contributed by atoms with Gasteiger partial charge in [0, 0.05) is 15.3 Å². The Morgan fingerprint density at radius 3 is 1.93 bits per heavy atom. The fraction of sp³-hybridized carbons (Fsp3) is 0.304. The van der Waals surface area contributed by atoms with E-state index in [2.05, 4.69) is 35.6 Å². The van der Waals surface area contributed by atoms with E-state index in [4.69, 9.17) is 9.47 Å². The summed E-state index contributed by atoms with van der Waals surface area (Å²) < 4.78 is 10.7. The van der Waals surface area contributed by atoms with Crippen LogP contribution in [0.15, 0.2) is 54.6 Å². The summed E-state index contributed by atoms with van der Waals surface area (Å²) in [5, 5.41) is 3.47. The van der Waals surface area contributed by atoms with Gasteiger partial charge in [-0.05, 0) is 85.4 Å². The van der Waals surface area contributed by atoms with Crippen LogP contribution in [-0.2, 0) is 0 Å². The quantitative estimate of drug-likeness (QED) is 0.629. The summed E-state index contributed by atoms with van der Waals surface area (Å²) in [5.74, 6) is 2.43. The van der Waals surface area contributed by atoms with Gasteiger partial charge in [-0.2, -0.15) is 0 Å². The molecule has 2 heterocycles. The van der Waals surface area contributed by atoms with E-state index in [1.165, 1.54) is 39.3 Å². The molecule has 0 radical (unpaired) electrons. The van der Waals surface area contributed by atoms with Crippen molar-refractivity contribution in [2.45, 2.75) is 18.8 Å². The minimum atomic E-state index is 0.653. The van der Waals surface area contributed by atoms with Crippen LogP contribution >= 0.6 is 11.3 Å². The molecular formula is C23H25NO2S. The zero-order valence-electron chi connectivity index (χ0n) is 15.8. The topological polar surface area (TPSA) is 30.5 Å². The molecule has 0 bridgehead atoms. The van der Waals surface area contributed by atoms with E-state index < -0.39 is 0 Å². The van der Waals surface area contributed by atoms with E-state index >= 15 is 0 Å². The molecular weight excluding hydrogens is 354 g/mol. The molecule has 0 saturated carbocycles. The lowest BCUT2D eigenvalue weighted by atomic mass is 9.94. The van der Waals surface area contributed by atoms with Crippen LogP contribution in [0, 0.1) is 0 Å². The lowest BCUT2D eigenvalue weighted by Crippen LogP contribution is -2.26. The maximum absolute atomic E-state index is 5.33. The highest BCUT2D eigenvalue weighted by Gasteiger charge is 2.21. The predicted molar refractivity (Wildman–Crippen MR) is 113 cm³/mol. The van der Waals surface area contributed by atoms with Gasteiger partial charge in [0.15, 0.2) is 0 Å². The van der Waals surface area contributed by atoms with Crippen molar-refractivity contribution in [1.29, 1.82) is 0 Å². The average molecular weight is 380 g/mol. The summed E-state index contributed by atoms with van der Waals surface area (Å²) in [7, 11) is 3.41. The molecule has 4 rings (SSSR count). The van der Waals surface area contributed by atoms with Crippen molar-refractivity contribution < 1.29 is 9.47 Å². The van der Waals surface area contributed by atoms with E-state index in [1.807, 2.05) is 35.6 Å². The first kappa shape index (κ1) is 18.1. The fourth-order valence-electron chi connectivity index (χ4n) is 3.66. The second-order valence-corrected chi connectivity index (χ2v) is 7.96. The van der Waals surface area contributed by atoms with Crippen LogP contribution in [0.4, 0.5) is 0 Å². The van der Waals surface area contributed by atoms with Gasteiger partial charge in [0.1, 0.15) is 11.5 Å². The molecule has 2 aromatic carbocycles. The molecule has 27 heavy (non-hydrogen) atoms.